The quantitative estimate of drug-likeness (QED) is 0.389. The van der Waals surface area contributed by atoms with E-state index in [9.17, 15) is 10.1 Å². The maximum absolute atomic E-state index is 11.2. The first-order chi connectivity index (χ1) is 14.0. The van der Waals surface area contributed by atoms with Crippen molar-refractivity contribution in [1.29, 1.82) is 0 Å². The standard InChI is InChI=1S/C21H21N5O2S/c1-14(2)25-20(19(23-21(25)29)17-9-3-4-11-22-17)18-10-6-12-24(18)15-7-5-8-16(13-15)26(27)28/h3-14,19-20H,1-2H3,(H,23,29)/t19-,20+/m0/s1. The topological polar surface area (TPSA) is 76.2 Å². The molecule has 0 unspecified atom stereocenters. The maximum atomic E-state index is 11.2. The molecule has 148 valence electrons. The van der Waals surface area contributed by atoms with E-state index in [-0.39, 0.29) is 28.7 Å². The zero-order valence-corrected chi connectivity index (χ0v) is 16.9. The summed E-state index contributed by atoms with van der Waals surface area (Å²) in [6.45, 7) is 4.20. The number of pyridine rings is 1. The van der Waals surface area contributed by atoms with Crippen molar-refractivity contribution < 1.29 is 4.92 Å². The van der Waals surface area contributed by atoms with Crippen molar-refractivity contribution >= 4 is 23.0 Å². The molecule has 3 heterocycles. The number of benzene rings is 1. The summed E-state index contributed by atoms with van der Waals surface area (Å²) in [6, 6.07) is 16.4. The van der Waals surface area contributed by atoms with Crippen LogP contribution < -0.4 is 5.32 Å². The Bertz CT molecular complexity index is 1050. The molecular weight excluding hydrogens is 386 g/mol. The van der Waals surface area contributed by atoms with Crippen LogP contribution in [-0.2, 0) is 0 Å². The van der Waals surface area contributed by atoms with E-state index in [4.69, 9.17) is 12.2 Å². The number of nitro groups is 1. The van der Waals surface area contributed by atoms with Crippen LogP contribution in [0.4, 0.5) is 5.69 Å². The minimum atomic E-state index is -0.379. The molecule has 1 fully saturated rings. The second-order valence-corrected chi connectivity index (χ2v) is 7.59. The van der Waals surface area contributed by atoms with Gasteiger partial charge in [0.05, 0.1) is 28.4 Å². The summed E-state index contributed by atoms with van der Waals surface area (Å²) in [4.78, 5) is 17.6. The summed E-state index contributed by atoms with van der Waals surface area (Å²) >= 11 is 5.65. The number of hydrogen-bond acceptors (Lipinski definition) is 4. The molecule has 1 N–H and O–H groups in total. The zero-order chi connectivity index (χ0) is 20.5. The third-order valence-electron chi connectivity index (χ3n) is 5.09. The predicted molar refractivity (Wildman–Crippen MR) is 115 cm³/mol. The second kappa shape index (κ2) is 7.63. The molecule has 7 nitrogen and oxygen atoms in total. The SMILES string of the molecule is CC(C)N1C(=S)N[C@@H](c2ccccn2)[C@H]1c1cccn1-c1cccc([N+](=O)[O-])c1. The minimum absolute atomic E-state index is 0.0595. The fraction of sp³-hybridized carbons (Fsp3) is 0.238. The molecule has 29 heavy (non-hydrogen) atoms. The smallest absolute Gasteiger partial charge is 0.271 e. The van der Waals surface area contributed by atoms with Crippen molar-refractivity contribution in [2.45, 2.75) is 32.0 Å². The van der Waals surface area contributed by atoms with Crippen molar-refractivity contribution in [2.24, 2.45) is 0 Å². The Kier molecular flexibility index (Phi) is 5.02. The van der Waals surface area contributed by atoms with Gasteiger partial charge in [0, 0.05) is 36.3 Å². The van der Waals surface area contributed by atoms with Gasteiger partial charge in [-0.1, -0.05) is 12.1 Å². The van der Waals surface area contributed by atoms with Crippen molar-refractivity contribution in [3.05, 3.63) is 88.5 Å². The van der Waals surface area contributed by atoms with Crippen LogP contribution in [-0.4, -0.2) is 30.5 Å². The average Bonchev–Trinajstić information content (AvgIpc) is 3.32. The highest BCUT2D eigenvalue weighted by Gasteiger charge is 2.42. The Morgan fingerprint density at radius 3 is 2.69 bits per heavy atom. The summed E-state index contributed by atoms with van der Waals surface area (Å²) in [5.74, 6) is 0. The van der Waals surface area contributed by atoms with Crippen LogP contribution in [0.3, 0.4) is 0 Å². The van der Waals surface area contributed by atoms with Gasteiger partial charge in [-0.3, -0.25) is 15.1 Å². The third-order valence-corrected chi connectivity index (χ3v) is 5.42. The molecule has 0 saturated carbocycles. The molecule has 8 heteroatoms. The Balaban J connectivity index is 1.83. The molecule has 1 saturated heterocycles. The number of nitrogens with one attached hydrogen (secondary N) is 1. The summed E-state index contributed by atoms with van der Waals surface area (Å²) in [5.41, 5.74) is 2.68. The highest BCUT2D eigenvalue weighted by atomic mass is 32.1. The van der Waals surface area contributed by atoms with E-state index in [1.807, 2.05) is 47.2 Å². The Morgan fingerprint density at radius 1 is 1.17 bits per heavy atom. The molecule has 0 bridgehead atoms. The largest absolute Gasteiger partial charge is 0.352 e. The zero-order valence-electron chi connectivity index (χ0n) is 16.1. The molecule has 0 aliphatic carbocycles. The Morgan fingerprint density at radius 2 is 2.00 bits per heavy atom. The van der Waals surface area contributed by atoms with Gasteiger partial charge in [0.1, 0.15) is 0 Å². The van der Waals surface area contributed by atoms with Crippen molar-refractivity contribution in [3.63, 3.8) is 0 Å². The van der Waals surface area contributed by atoms with E-state index in [2.05, 4.69) is 29.0 Å². The van der Waals surface area contributed by atoms with Crippen LogP contribution in [0.15, 0.2) is 67.0 Å². The van der Waals surface area contributed by atoms with Crippen LogP contribution in [0.25, 0.3) is 5.69 Å². The van der Waals surface area contributed by atoms with Crippen molar-refractivity contribution in [2.75, 3.05) is 0 Å². The van der Waals surface area contributed by atoms with Crippen LogP contribution >= 0.6 is 12.2 Å². The molecule has 1 aliphatic rings. The van der Waals surface area contributed by atoms with E-state index in [1.54, 1.807) is 18.3 Å². The van der Waals surface area contributed by atoms with E-state index < -0.39 is 0 Å². The van der Waals surface area contributed by atoms with Crippen LogP contribution in [0, 0.1) is 10.1 Å². The number of nitrogens with zero attached hydrogens (tertiary/aromatic N) is 4. The number of rotatable bonds is 5. The summed E-state index contributed by atoms with van der Waals surface area (Å²) in [7, 11) is 0. The molecule has 1 aliphatic heterocycles. The fourth-order valence-electron chi connectivity index (χ4n) is 3.86. The molecule has 0 amide bonds. The van der Waals surface area contributed by atoms with Gasteiger partial charge in [-0.25, -0.2) is 0 Å². The molecule has 4 rings (SSSR count). The molecule has 1 aromatic carbocycles. The van der Waals surface area contributed by atoms with E-state index in [0.29, 0.717) is 5.11 Å². The van der Waals surface area contributed by atoms with Gasteiger partial charge >= 0.3 is 0 Å². The number of aromatic nitrogens is 2. The molecule has 0 radical (unpaired) electrons. The van der Waals surface area contributed by atoms with Gasteiger partial charge in [0.2, 0.25) is 0 Å². The fourth-order valence-corrected chi connectivity index (χ4v) is 4.32. The molecule has 0 spiro atoms. The van der Waals surface area contributed by atoms with Gasteiger partial charge in [-0.05, 0) is 56.4 Å². The summed E-state index contributed by atoms with van der Waals surface area (Å²) < 4.78 is 1.98. The maximum Gasteiger partial charge on any atom is 0.271 e. The number of non-ortho nitro benzene ring substituents is 1. The summed E-state index contributed by atoms with van der Waals surface area (Å²) in [5, 5.41) is 15.3. The Hall–Kier alpha value is -3.26. The second-order valence-electron chi connectivity index (χ2n) is 7.21. The normalized spacial score (nSPS) is 18.9. The molecule has 2 atom stereocenters. The lowest BCUT2D eigenvalue weighted by atomic mass is 10.0. The average molecular weight is 407 g/mol. The first kappa shape index (κ1) is 19.1. The van der Waals surface area contributed by atoms with Gasteiger partial charge in [-0.15, -0.1) is 0 Å². The lowest BCUT2D eigenvalue weighted by molar-refractivity contribution is -0.384. The highest BCUT2D eigenvalue weighted by Crippen LogP contribution is 2.40. The molecule has 2 aromatic heterocycles. The van der Waals surface area contributed by atoms with Crippen molar-refractivity contribution in [3.8, 4) is 5.69 Å². The van der Waals surface area contributed by atoms with E-state index >= 15 is 0 Å². The van der Waals surface area contributed by atoms with Gasteiger partial charge in [0.15, 0.2) is 5.11 Å². The third kappa shape index (κ3) is 3.47. The molecule has 3 aromatic rings. The van der Waals surface area contributed by atoms with Crippen LogP contribution in [0.1, 0.15) is 37.3 Å². The van der Waals surface area contributed by atoms with E-state index in [0.717, 1.165) is 17.1 Å². The van der Waals surface area contributed by atoms with Gasteiger partial charge in [0.25, 0.3) is 5.69 Å². The Labute approximate surface area is 174 Å². The molecular formula is C21H21N5O2S. The number of hydrogen-bond donors (Lipinski definition) is 1. The first-order valence-electron chi connectivity index (χ1n) is 9.39. The lowest BCUT2D eigenvalue weighted by Crippen LogP contribution is -2.36. The van der Waals surface area contributed by atoms with Crippen molar-refractivity contribution in [1.82, 2.24) is 19.8 Å². The van der Waals surface area contributed by atoms with Crippen LogP contribution in [0.2, 0.25) is 0 Å². The highest BCUT2D eigenvalue weighted by molar-refractivity contribution is 7.80. The monoisotopic (exact) mass is 407 g/mol. The van der Waals surface area contributed by atoms with Crippen LogP contribution in [0.5, 0.6) is 0 Å². The number of thiocarbonyl (C=S) groups is 1. The van der Waals surface area contributed by atoms with Gasteiger partial charge in [-0.2, -0.15) is 0 Å². The first-order valence-corrected chi connectivity index (χ1v) is 9.80. The number of nitro benzene ring substituents is 1. The predicted octanol–water partition coefficient (Wildman–Crippen LogP) is 4.16. The van der Waals surface area contributed by atoms with Gasteiger partial charge < -0.3 is 14.8 Å². The van der Waals surface area contributed by atoms with E-state index in [1.165, 1.54) is 6.07 Å². The summed E-state index contributed by atoms with van der Waals surface area (Å²) in [6.07, 6.45) is 3.69. The minimum Gasteiger partial charge on any atom is -0.352 e. The lowest BCUT2D eigenvalue weighted by Gasteiger charge is -2.31.